The molecular weight excluding hydrogens is 274 g/mol. The molecule has 1 rings (SSSR count). The van der Waals surface area contributed by atoms with Crippen LogP contribution in [0.4, 0.5) is 0 Å². The normalized spacial score (nSPS) is 11.7. The number of ether oxygens (including phenoxy) is 1. The highest BCUT2D eigenvalue weighted by atomic mass is 32.2. The fourth-order valence-corrected chi connectivity index (χ4v) is 2.53. The Balaban J connectivity index is 2.10. The summed E-state index contributed by atoms with van der Waals surface area (Å²) in [6.45, 7) is 2.43. The molecule has 0 spiro atoms. The summed E-state index contributed by atoms with van der Waals surface area (Å²) in [7, 11) is 1.37. The zero-order valence-electron chi connectivity index (χ0n) is 11.9. The van der Waals surface area contributed by atoms with Gasteiger partial charge in [-0.25, -0.2) is 0 Å². The minimum atomic E-state index is -0.234. The van der Waals surface area contributed by atoms with E-state index >= 15 is 0 Å². The quantitative estimate of drug-likeness (QED) is 0.744. The van der Waals surface area contributed by atoms with Crippen molar-refractivity contribution in [3.8, 4) is 0 Å². The predicted octanol–water partition coefficient (Wildman–Crippen LogP) is 1.89. The molecule has 0 heterocycles. The first-order valence-electron chi connectivity index (χ1n) is 6.59. The van der Waals surface area contributed by atoms with Crippen LogP contribution in [-0.2, 0) is 20.7 Å². The monoisotopic (exact) mass is 295 g/mol. The number of nitrogens with one attached hydrogen (secondary N) is 1. The van der Waals surface area contributed by atoms with Gasteiger partial charge in [-0.15, -0.1) is 0 Å². The van der Waals surface area contributed by atoms with Crippen molar-refractivity contribution in [2.75, 3.05) is 25.2 Å². The highest BCUT2D eigenvalue weighted by Crippen LogP contribution is 2.09. The third-order valence-corrected chi connectivity index (χ3v) is 3.99. The van der Waals surface area contributed by atoms with Crippen LogP contribution in [0.5, 0.6) is 0 Å². The van der Waals surface area contributed by atoms with E-state index in [1.165, 1.54) is 24.4 Å². The van der Waals surface area contributed by atoms with Gasteiger partial charge in [0, 0.05) is 12.3 Å². The van der Waals surface area contributed by atoms with E-state index in [9.17, 15) is 9.59 Å². The molecule has 1 atom stereocenters. The van der Waals surface area contributed by atoms with Crippen LogP contribution in [0.25, 0.3) is 0 Å². The minimum Gasteiger partial charge on any atom is -0.469 e. The molecule has 110 valence electrons. The fraction of sp³-hybridized carbons (Fsp3) is 0.467. The molecule has 0 aliphatic carbocycles. The standard InChI is InChI=1S/C15H21NO3S/c1-12(15(18)19-2)10-20-11-14(17)16-9-8-13-6-4-3-5-7-13/h3-7,12H,8-11H2,1-2H3,(H,16,17). The van der Waals surface area contributed by atoms with E-state index < -0.39 is 0 Å². The number of amides is 1. The van der Waals surface area contributed by atoms with Gasteiger partial charge >= 0.3 is 5.97 Å². The first-order valence-corrected chi connectivity index (χ1v) is 7.75. The Morgan fingerprint density at radius 3 is 2.65 bits per heavy atom. The van der Waals surface area contributed by atoms with Gasteiger partial charge in [0.2, 0.25) is 5.91 Å². The van der Waals surface area contributed by atoms with Crippen molar-refractivity contribution >= 4 is 23.6 Å². The van der Waals surface area contributed by atoms with Crippen molar-refractivity contribution in [2.24, 2.45) is 5.92 Å². The highest BCUT2D eigenvalue weighted by Gasteiger charge is 2.13. The molecule has 0 bridgehead atoms. The van der Waals surface area contributed by atoms with E-state index in [0.29, 0.717) is 18.1 Å². The molecule has 0 aliphatic rings. The summed E-state index contributed by atoms with van der Waals surface area (Å²) >= 11 is 1.45. The summed E-state index contributed by atoms with van der Waals surface area (Å²) in [6.07, 6.45) is 0.829. The van der Waals surface area contributed by atoms with Crippen molar-refractivity contribution in [1.29, 1.82) is 0 Å². The van der Waals surface area contributed by atoms with E-state index in [1.807, 2.05) is 30.3 Å². The maximum absolute atomic E-state index is 11.6. The maximum Gasteiger partial charge on any atom is 0.309 e. The second-order valence-corrected chi connectivity index (χ2v) is 5.56. The number of methoxy groups -OCH3 is 1. The molecule has 0 saturated carbocycles. The summed E-state index contributed by atoms with van der Waals surface area (Å²) in [4.78, 5) is 22.8. The molecule has 0 saturated heterocycles. The Hall–Kier alpha value is -1.49. The molecule has 0 aromatic heterocycles. The van der Waals surface area contributed by atoms with Crippen molar-refractivity contribution in [3.63, 3.8) is 0 Å². The summed E-state index contributed by atoms with van der Waals surface area (Å²) in [5.74, 6) is 0.557. The number of carbonyl (C=O) groups excluding carboxylic acids is 2. The molecule has 4 nitrogen and oxygen atoms in total. The minimum absolute atomic E-state index is 0.00277. The number of hydrogen-bond acceptors (Lipinski definition) is 4. The van der Waals surface area contributed by atoms with Crippen LogP contribution in [0.3, 0.4) is 0 Å². The van der Waals surface area contributed by atoms with Gasteiger partial charge in [0.25, 0.3) is 0 Å². The average Bonchev–Trinajstić information content (AvgIpc) is 2.47. The Kier molecular flexibility index (Phi) is 7.80. The van der Waals surface area contributed by atoms with E-state index in [0.717, 1.165) is 6.42 Å². The lowest BCUT2D eigenvalue weighted by molar-refractivity contribution is -0.144. The zero-order chi connectivity index (χ0) is 14.8. The number of carbonyl (C=O) groups is 2. The lowest BCUT2D eigenvalue weighted by Gasteiger charge is -2.09. The van der Waals surface area contributed by atoms with Crippen LogP contribution < -0.4 is 5.32 Å². The molecule has 0 radical (unpaired) electrons. The molecule has 5 heteroatoms. The van der Waals surface area contributed by atoms with Gasteiger partial charge < -0.3 is 10.1 Å². The van der Waals surface area contributed by atoms with Crippen molar-refractivity contribution in [2.45, 2.75) is 13.3 Å². The smallest absolute Gasteiger partial charge is 0.309 e. The third-order valence-electron chi connectivity index (χ3n) is 2.78. The largest absolute Gasteiger partial charge is 0.469 e. The van der Waals surface area contributed by atoms with Crippen molar-refractivity contribution < 1.29 is 14.3 Å². The summed E-state index contributed by atoms with van der Waals surface area (Å²) in [5, 5.41) is 2.87. The lowest BCUT2D eigenvalue weighted by Crippen LogP contribution is -2.28. The molecule has 1 aromatic carbocycles. The average molecular weight is 295 g/mol. The van der Waals surface area contributed by atoms with E-state index in [4.69, 9.17) is 0 Å². The predicted molar refractivity (Wildman–Crippen MR) is 81.7 cm³/mol. The van der Waals surface area contributed by atoms with Crippen LogP contribution in [0, 0.1) is 5.92 Å². The van der Waals surface area contributed by atoms with Gasteiger partial charge in [-0.05, 0) is 12.0 Å². The molecule has 1 aromatic rings. The number of hydrogen-bond donors (Lipinski definition) is 1. The summed E-state index contributed by atoms with van der Waals surface area (Å²) in [5.41, 5.74) is 1.21. The van der Waals surface area contributed by atoms with Gasteiger partial charge in [0.15, 0.2) is 0 Å². The van der Waals surface area contributed by atoms with Crippen LogP contribution in [0.15, 0.2) is 30.3 Å². The van der Waals surface area contributed by atoms with E-state index in [2.05, 4.69) is 10.1 Å². The lowest BCUT2D eigenvalue weighted by atomic mass is 10.1. The zero-order valence-corrected chi connectivity index (χ0v) is 12.7. The van der Waals surface area contributed by atoms with Crippen LogP contribution >= 0.6 is 11.8 Å². The highest BCUT2D eigenvalue weighted by molar-refractivity contribution is 7.99. The number of esters is 1. The van der Waals surface area contributed by atoms with Crippen molar-refractivity contribution in [1.82, 2.24) is 5.32 Å². The first-order chi connectivity index (χ1) is 9.63. The van der Waals surface area contributed by atoms with Gasteiger partial charge in [0.1, 0.15) is 0 Å². The van der Waals surface area contributed by atoms with Crippen LogP contribution in [-0.4, -0.2) is 37.0 Å². The second kappa shape index (κ2) is 9.42. The maximum atomic E-state index is 11.6. The topological polar surface area (TPSA) is 55.4 Å². The van der Waals surface area contributed by atoms with Crippen LogP contribution in [0.1, 0.15) is 12.5 Å². The van der Waals surface area contributed by atoms with Crippen molar-refractivity contribution in [3.05, 3.63) is 35.9 Å². The molecule has 20 heavy (non-hydrogen) atoms. The number of thioether (sulfide) groups is 1. The van der Waals surface area contributed by atoms with E-state index in [1.54, 1.807) is 6.92 Å². The van der Waals surface area contributed by atoms with Crippen LogP contribution in [0.2, 0.25) is 0 Å². The van der Waals surface area contributed by atoms with Gasteiger partial charge in [0.05, 0.1) is 18.8 Å². The van der Waals surface area contributed by atoms with Gasteiger partial charge in [-0.2, -0.15) is 11.8 Å². The summed E-state index contributed by atoms with van der Waals surface area (Å²) < 4.78 is 4.63. The molecule has 0 fully saturated rings. The van der Waals surface area contributed by atoms with Gasteiger partial charge in [-0.1, -0.05) is 37.3 Å². The Morgan fingerprint density at radius 1 is 1.30 bits per heavy atom. The Labute approximate surface area is 124 Å². The molecule has 0 aliphatic heterocycles. The fourth-order valence-electron chi connectivity index (χ4n) is 1.64. The van der Waals surface area contributed by atoms with Gasteiger partial charge in [-0.3, -0.25) is 9.59 Å². The first kappa shape index (κ1) is 16.6. The molecule has 1 amide bonds. The summed E-state index contributed by atoms with van der Waals surface area (Å²) in [6, 6.07) is 10.0. The third kappa shape index (κ3) is 6.61. The SMILES string of the molecule is COC(=O)C(C)CSCC(=O)NCCc1ccccc1. The number of benzene rings is 1. The second-order valence-electron chi connectivity index (χ2n) is 4.52. The molecular formula is C15H21NO3S. The number of rotatable bonds is 8. The van der Waals surface area contributed by atoms with E-state index in [-0.39, 0.29) is 17.8 Å². The Morgan fingerprint density at radius 2 is 2.00 bits per heavy atom. The Bertz CT molecular complexity index is 422. The molecule has 1 N–H and O–H groups in total. The molecule has 1 unspecified atom stereocenters.